The molecule has 2 heterocycles. The van der Waals surface area contributed by atoms with Crippen molar-refractivity contribution in [3.8, 4) is 0 Å². The summed E-state index contributed by atoms with van der Waals surface area (Å²) in [5.41, 5.74) is 2.14. The third-order valence-corrected chi connectivity index (χ3v) is 5.59. The Morgan fingerprint density at radius 1 is 1.11 bits per heavy atom. The van der Waals surface area contributed by atoms with Gasteiger partial charge in [-0.15, -0.1) is 11.3 Å². The third kappa shape index (κ3) is 4.51. The molecule has 2 aromatic rings. The molecule has 1 saturated heterocycles. The number of hydrogen-bond acceptors (Lipinski definition) is 6. The molecule has 1 aliphatic rings. The summed E-state index contributed by atoms with van der Waals surface area (Å²) in [5, 5.41) is 5.02. The average molecular weight is 401 g/mol. The van der Waals surface area contributed by atoms with E-state index in [1.165, 1.54) is 18.4 Å². The van der Waals surface area contributed by atoms with Crippen LogP contribution in [0, 0.1) is 6.92 Å². The van der Waals surface area contributed by atoms with E-state index >= 15 is 0 Å². The largest absolute Gasteiger partial charge is 0.465 e. The van der Waals surface area contributed by atoms with E-state index in [4.69, 9.17) is 4.74 Å². The standard InChI is InChI=1S/C20H23N3O4S/c1-14-12-15(20(26)27-2)5-6-16(14)21-13-18(24)22-7-9-23(10-8-22)19(25)17-4-3-11-28-17/h3-6,11-12,21H,7-10,13H2,1-2H3. The van der Waals surface area contributed by atoms with Gasteiger partial charge in [0.1, 0.15) is 0 Å². The molecule has 1 aromatic carbocycles. The number of ether oxygens (including phenoxy) is 1. The average Bonchev–Trinajstić information content (AvgIpc) is 3.26. The van der Waals surface area contributed by atoms with Gasteiger partial charge in [-0.3, -0.25) is 9.59 Å². The van der Waals surface area contributed by atoms with Crippen molar-refractivity contribution >= 4 is 34.8 Å². The van der Waals surface area contributed by atoms with Gasteiger partial charge in [-0.05, 0) is 42.1 Å². The van der Waals surface area contributed by atoms with Crippen LogP contribution >= 0.6 is 11.3 Å². The molecule has 7 nitrogen and oxygen atoms in total. The molecule has 8 heteroatoms. The van der Waals surface area contributed by atoms with Crippen LogP contribution < -0.4 is 5.32 Å². The fourth-order valence-corrected chi connectivity index (χ4v) is 3.80. The number of carbonyl (C=O) groups excluding carboxylic acids is 3. The van der Waals surface area contributed by atoms with Gasteiger partial charge in [-0.2, -0.15) is 0 Å². The summed E-state index contributed by atoms with van der Waals surface area (Å²) in [6.45, 7) is 4.16. The van der Waals surface area contributed by atoms with Crippen LogP contribution in [-0.2, 0) is 9.53 Å². The van der Waals surface area contributed by atoms with Crippen molar-refractivity contribution in [1.82, 2.24) is 9.80 Å². The summed E-state index contributed by atoms with van der Waals surface area (Å²) >= 11 is 1.43. The Morgan fingerprint density at radius 2 is 1.82 bits per heavy atom. The number of thiophene rings is 1. The first-order valence-electron chi connectivity index (χ1n) is 9.03. The Kier molecular flexibility index (Phi) is 6.30. The molecule has 0 unspecified atom stereocenters. The fraction of sp³-hybridized carbons (Fsp3) is 0.350. The molecule has 1 aromatic heterocycles. The SMILES string of the molecule is COC(=O)c1ccc(NCC(=O)N2CCN(C(=O)c3cccs3)CC2)c(C)c1. The maximum absolute atomic E-state index is 12.5. The van der Waals surface area contributed by atoms with Gasteiger partial charge in [0, 0.05) is 31.9 Å². The predicted molar refractivity (Wildman–Crippen MR) is 108 cm³/mol. The number of piperazine rings is 1. The highest BCUT2D eigenvalue weighted by molar-refractivity contribution is 7.12. The third-order valence-electron chi connectivity index (χ3n) is 4.73. The molecule has 0 aliphatic carbocycles. The molecular weight excluding hydrogens is 378 g/mol. The number of esters is 1. The van der Waals surface area contributed by atoms with E-state index in [2.05, 4.69) is 5.32 Å². The normalized spacial score (nSPS) is 13.9. The number of anilines is 1. The molecule has 0 radical (unpaired) electrons. The lowest BCUT2D eigenvalue weighted by molar-refractivity contribution is -0.130. The van der Waals surface area contributed by atoms with Crippen molar-refractivity contribution in [2.45, 2.75) is 6.92 Å². The van der Waals surface area contributed by atoms with Crippen LogP contribution in [0.15, 0.2) is 35.7 Å². The number of methoxy groups -OCH3 is 1. The van der Waals surface area contributed by atoms with Gasteiger partial charge >= 0.3 is 5.97 Å². The molecule has 0 atom stereocenters. The lowest BCUT2D eigenvalue weighted by atomic mass is 10.1. The van der Waals surface area contributed by atoms with E-state index in [1.54, 1.807) is 28.0 Å². The van der Waals surface area contributed by atoms with Gasteiger partial charge in [0.05, 0.1) is 24.1 Å². The van der Waals surface area contributed by atoms with E-state index in [0.29, 0.717) is 31.7 Å². The summed E-state index contributed by atoms with van der Waals surface area (Å²) in [7, 11) is 1.34. The van der Waals surface area contributed by atoms with Crippen LogP contribution in [0.2, 0.25) is 0 Å². The molecule has 1 fully saturated rings. The molecule has 0 saturated carbocycles. The Hall–Kier alpha value is -2.87. The van der Waals surface area contributed by atoms with Gasteiger partial charge in [0.2, 0.25) is 5.91 Å². The molecule has 0 spiro atoms. The van der Waals surface area contributed by atoms with Gasteiger partial charge in [0.15, 0.2) is 0 Å². The number of hydrogen-bond donors (Lipinski definition) is 1. The molecule has 2 amide bonds. The lowest BCUT2D eigenvalue weighted by Gasteiger charge is -2.34. The van der Waals surface area contributed by atoms with Gasteiger partial charge < -0.3 is 19.9 Å². The van der Waals surface area contributed by atoms with E-state index in [1.807, 2.05) is 24.4 Å². The summed E-state index contributed by atoms with van der Waals surface area (Å²) in [6.07, 6.45) is 0. The number of rotatable bonds is 5. The molecule has 3 rings (SSSR count). The van der Waals surface area contributed by atoms with Crippen molar-refractivity contribution in [2.75, 3.05) is 45.2 Å². The summed E-state index contributed by atoms with van der Waals surface area (Å²) in [4.78, 5) is 40.7. The smallest absolute Gasteiger partial charge is 0.337 e. The van der Waals surface area contributed by atoms with E-state index in [9.17, 15) is 14.4 Å². The quantitative estimate of drug-likeness (QED) is 0.778. The maximum atomic E-state index is 12.5. The fourth-order valence-electron chi connectivity index (χ4n) is 3.10. The van der Waals surface area contributed by atoms with Crippen LogP contribution in [0.4, 0.5) is 5.69 Å². The second kappa shape index (κ2) is 8.88. The number of carbonyl (C=O) groups is 3. The maximum Gasteiger partial charge on any atom is 0.337 e. The minimum Gasteiger partial charge on any atom is -0.465 e. The zero-order valence-corrected chi connectivity index (χ0v) is 16.8. The van der Waals surface area contributed by atoms with Crippen LogP contribution in [0.1, 0.15) is 25.6 Å². The molecule has 1 N–H and O–H groups in total. The van der Waals surface area contributed by atoms with Crippen molar-refractivity contribution in [3.63, 3.8) is 0 Å². The molecular formula is C20H23N3O4S. The highest BCUT2D eigenvalue weighted by Crippen LogP contribution is 2.17. The Morgan fingerprint density at radius 3 is 2.43 bits per heavy atom. The number of amides is 2. The van der Waals surface area contributed by atoms with Crippen LogP contribution in [0.5, 0.6) is 0 Å². The lowest BCUT2D eigenvalue weighted by Crippen LogP contribution is -2.51. The monoisotopic (exact) mass is 401 g/mol. The Labute approximate surface area is 167 Å². The van der Waals surface area contributed by atoms with Crippen LogP contribution in [0.3, 0.4) is 0 Å². The summed E-state index contributed by atoms with van der Waals surface area (Å²) < 4.78 is 4.71. The van der Waals surface area contributed by atoms with Crippen LogP contribution in [0.25, 0.3) is 0 Å². The van der Waals surface area contributed by atoms with Crippen molar-refractivity contribution in [1.29, 1.82) is 0 Å². The van der Waals surface area contributed by atoms with Gasteiger partial charge in [-0.1, -0.05) is 6.07 Å². The number of benzene rings is 1. The number of nitrogens with zero attached hydrogens (tertiary/aromatic N) is 2. The predicted octanol–water partition coefficient (Wildman–Crippen LogP) is 2.24. The highest BCUT2D eigenvalue weighted by atomic mass is 32.1. The number of nitrogens with one attached hydrogen (secondary N) is 1. The van der Waals surface area contributed by atoms with Crippen molar-refractivity contribution < 1.29 is 19.1 Å². The topological polar surface area (TPSA) is 79.0 Å². The minimum absolute atomic E-state index is 0.0142. The minimum atomic E-state index is -0.388. The summed E-state index contributed by atoms with van der Waals surface area (Å²) in [5.74, 6) is -0.373. The van der Waals surface area contributed by atoms with Crippen molar-refractivity contribution in [2.24, 2.45) is 0 Å². The molecule has 148 valence electrons. The number of aryl methyl sites for hydroxylation is 1. The van der Waals surface area contributed by atoms with E-state index < -0.39 is 0 Å². The molecule has 0 bridgehead atoms. The second-order valence-corrected chi connectivity index (χ2v) is 7.47. The van der Waals surface area contributed by atoms with Crippen molar-refractivity contribution in [3.05, 3.63) is 51.7 Å². The van der Waals surface area contributed by atoms with Crippen LogP contribution in [-0.4, -0.2) is 67.4 Å². The molecule has 1 aliphatic heterocycles. The zero-order chi connectivity index (χ0) is 20.1. The van der Waals surface area contributed by atoms with E-state index in [-0.39, 0.29) is 24.3 Å². The highest BCUT2D eigenvalue weighted by Gasteiger charge is 2.25. The molecule has 28 heavy (non-hydrogen) atoms. The first kappa shape index (κ1) is 19.9. The van der Waals surface area contributed by atoms with Gasteiger partial charge in [0.25, 0.3) is 5.91 Å². The first-order chi connectivity index (χ1) is 13.5. The second-order valence-electron chi connectivity index (χ2n) is 6.53. The summed E-state index contributed by atoms with van der Waals surface area (Å²) in [6, 6.07) is 8.85. The Bertz CT molecular complexity index is 858. The van der Waals surface area contributed by atoms with Gasteiger partial charge in [-0.25, -0.2) is 4.79 Å². The van der Waals surface area contributed by atoms with E-state index in [0.717, 1.165) is 16.1 Å². The zero-order valence-electron chi connectivity index (χ0n) is 15.9. The first-order valence-corrected chi connectivity index (χ1v) is 9.91. The Balaban J connectivity index is 1.50.